The summed E-state index contributed by atoms with van der Waals surface area (Å²) in [6.45, 7) is 7.37. The maximum absolute atomic E-state index is 11.5. The molecule has 1 N–H and O–H groups in total. The van der Waals surface area contributed by atoms with Gasteiger partial charge < -0.3 is 14.8 Å². The van der Waals surface area contributed by atoms with Crippen molar-refractivity contribution in [2.75, 3.05) is 7.11 Å². The molecule has 0 fully saturated rings. The summed E-state index contributed by atoms with van der Waals surface area (Å²) in [5, 5.41) is 2.68. The molecule has 0 heterocycles. The van der Waals surface area contributed by atoms with Gasteiger partial charge >= 0.3 is 12.1 Å². The minimum absolute atomic E-state index is 0.170. The largest absolute Gasteiger partial charge is 0.469 e. The van der Waals surface area contributed by atoms with E-state index in [0.29, 0.717) is 6.42 Å². The van der Waals surface area contributed by atoms with Crippen LogP contribution in [0.25, 0.3) is 0 Å². The molecular formula is C12H23NO4. The average molecular weight is 245 g/mol. The van der Waals surface area contributed by atoms with E-state index in [9.17, 15) is 9.59 Å². The lowest BCUT2D eigenvalue weighted by molar-refractivity contribution is -0.141. The van der Waals surface area contributed by atoms with Crippen molar-refractivity contribution in [1.82, 2.24) is 5.32 Å². The Morgan fingerprint density at radius 1 is 1.29 bits per heavy atom. The topological polar surface area (TPSA) is 64.6 Å². The van der Waals surface area contributed by atoms with E-state index in [0.717, 1.165) is 6.42 Å². The molecule has 1 atom stereocenters. The van der Waals surface area contributed by atoms with Crippen molar-refractivity contribution in [3.05, 3.63) is 0 Å². The summed E-state index contributed by atoms with van der Waals surface area (Å²) in [6, 6.07) is -0.234. The van der Waals surface area contributed by atoms with Crippen LogP contribution < -0.4 is 5.32 Å². The lowest BCUT2D eigenvalue weighted by Gasteiger charge is -2.23. The monoisotopic (exact) mass is 245 g/mol. The Labute approximate surface area is 103 Å². The minimum atomic E-state index is -0.536. The van der Waals surface area contributed by atoms with Gasteiger partial charge in [-0.2, -0.15) is 0 Å². The smallest absolute Gasteiger partial charge is 0.407 e. The number of carbonyl (C=O) groups excluding carboxylic acids is 2. The van der Waals surface area contributed by atoms with Gasteiger partial charge in [0.25, 0.3) is 0 Å². The van der Waals surface area contributed by atoms with Crippen molar-refractivity contribution in [3.8, 4) is 0 Å². The zero-order chi connectivity index (χ0) is 13.5. The molecule has 0 saturated heterocycles. The van der Waals surface area contributed by atoms with Crippen LogP contribution in [-0.2, 0) is 14.3 Å². The number of nitrogens with one attached hydrogen (secondary N) is 1. The fourth-order valence-electron chi connectivity index (χ4n) is 1.33. The molecule has 1 amide bonds. The number of rotatable bonds is 5. The van der Waals surface area contributed by atoms with Crippen molar-refractivity contribution >= 4 is 12.1 Å². The molecule has 0 bridgehead atoms. The normalized spacial score (nSPS) is 12.8. The summed E-state index contributed by atoms with van der Waals surface area (Å²) in [5.41, 5.74) is -0.536. The maximum Gasteiger partial charge on any atom is 0.407 e. The molecule has 5 nitrogen and oxygen atoms in total. The fourth-order valence-corrected chi connectivity index (χ4v) is 1.33. The van der Waals surface area contributed by atoms with E-state index in [1.54, 1.807) is 20.8 Å². The second-order valence-corrected chi connectivity index (χ2v) is 4.91. The summed E-state index contributed by atoms with van der Waals surface area (Å²) in [7, 11) is 1.33. The summed E-state index contributed by atoms with van der Waals surface area (Å²) in [6.07, 6.45) is 1.26. The number of carbonyl (C=O) groups is 2. The van der Waals surface area contributed by atoms with Gasteiger partial charge in [-0.15, -0.1) is 0 Å². The van der Waals surface area contributed by atoms with Gasteiger partial charge in [0.15, 0.2) is 0 Å². The summed E-state index contributed by atoms with van der Waals surface area (Å²) >= 11 is 0. The SMILES string of the molecule is CCCC(CC(=O)OC)NC(=O)OC(C)(C)C. The summed E-state index contributed by atoms with van der Waals surface area (Å²) in [5.74, 6) is -0.334. The number of esters is 1. The van der Waals surface area contributed by atoms with Crippen LogP contribution in [0, 0.1) is 0 Å². The number of ether oxygens (including phenoxy) is 2. The van der Waals surface area contributed by atoms with Crippen molar-refractivity contribution in [1.29, 1.82) is 0 Å². The standard InChI is InChI=1S/C12H23NO4/c1-6-7-9(8-10(14)16-5)13-11(15)17-12(2,3)4/h9H,6-8H2,1-5H3,(H,13,15). The molecule has 0 aromatic heterocycles. The van der Waals surface area contributed by atoms with Crippen LogP contribution in [0.15, 0.2) is 0 Å². The molecule has 100 valence electrons. The molecule has 17 heavy (non-hydrogen) atoms. The highest BCUT2D eigenvalue weighted by Crippen LogP contribution is 2.09. The second-order valence-electron chi connectivity index (χ2n) is 4.91. The van der Waals surface area contributed by atoms with Crippen LogP contribution in [0.5, 0.6) is 0 Å². The third kappa shape index (κ3) is 8.54. The first-order valence-corrected chi connectivity index (χ1v) is 5.84. The van der Waals surface area contributed by atoms with Crippen molar-refractivity contribution in [2.24, 2.45) is 0 Å². The minimum Gasteiger partial charge on any atom is -0.469 e. The van der Waals surface area contributed by atoms with Gasteiger partial charge in [-0.25, -0.2) is 4.79 Å². The van der Waals surface area contributed by atoms with Gasteiger partial charge in [0, 0.05) is 6.04 Å². The molecule has 0 aromatic rings. The Morgan fingerprint density at radius 2 is 1.88 bits per heavy atom. The number of hydrogen-bond acceptors (Lipinski definition) is 4. The van der Waals surface area contributed by atoms with Crippen LogP contribution in [-0.4, -0.2) is 30.8 Å². The van der Waals surface area contributed by atoms with E-state index >= 15 is 0 Å². The highest BCUT2D eigenvalue weighted by atomic mass is 16.6. The highest BCUT2D eigenvalue weighted by molar-refractivity contribution is 5.72. The molecule has 0 aliphatic heterocycles. The van der Waals surface area contributed by atoms with Crippen LogP contribution in [0.3, 0.4) is 0 Å². The van der Waals surface area contributed by atoms with E-state index in [4.69, 9.17) is 4.74 Å². The zero-order valence-corrected chi connectivity index (χ0v) is 11.3. The first-order valence-electron chi connectivity index (χ1n) is 5.84. The van der Waals surface area contributed by atoms with E-state index in [2.05, 4.69) is 10.1 Å². The average Bonchev–Trinajstić information content (AvgIpc) is 2.14. The fraction of sp³-hybridized carbons (Fsp3) is 0.833. The molecule has 0 spiro atoms. The molecule has 0 aliphatic carbocycles. The van der Waals surface area contributed by atoms with Crippen molar-refractivity contribution < 1.29 is 19.1 Å². The Balaban J connectivity index is 4.24. The quantitative estimate of drug-likeness (QED) is 0.754. The van der Waals surface area contributed by atoms with E-state index in [1.807, 2.05) is 6.92 Å². The zero-order valence-electron chi connectivity index (χ0n) is 11.3. The Hall–Kier alpha value is -1.26. The van der Waals surface area contributed by atoms with Crippen LogP contribution in [0.4, 0.5) is 4.79 Å². The van der Waals surface area contributed by atoms with E-state index in [-0.39, 0.29) is 18.4 Å². The molecule has 1 unspecified atom stereocenters. The van der Waals surface area contributed by atoms with Crippen molar-refractivity contribution in [2.45, 2.75) is 58.6 Å². The third-order valence-corrected chi connectivity index (χ3v) is 2.00. The van der Waals surface area contributed by atoms with Gasteiger partial charge in [-0.3, -0.25) is 4.79 Å². The number of amides is 1. The third-order valence-electron chi connectivity index (χ3n) is 2.00. The lowest BCUT2D eigenvalue weighted by Crippen LogP contribution is -2.40. The molecule has 0 aliphatic rings. The molecule has 5 heteroatoms. The van der Waals surface area contributed by atoms with Gasteiger partial charge in [0.2, 0.25) is 0 Å². The predicted octanol–water partition coefficient (Wildman–Crippen LogP) is 2.24. The highest BCUT2D eigenvalue weighted by Gasteiger charge is 2.20. The Morgan fingerprint density at radius 3 is 2.29 bits per heavy atom. The molecule has 0 aromatic carbocycles. The summed E-state index contributed by atoms with van der Waals surface area (Å²) < 4.78 is 9.71. The number of alkyl carbamates (subject to hydrolysis) is 1. The predicted molar refractivity (Wildman–Crippen MR) is 64.7 cm³/mol. The van der Waals surface area contributed by atoms with Gasteiger partial charge in [-0.1, -0.05) is 13.3 Å². The Kier molecular flexibility index (Phi) is 6.61. The van der Waals surface area contributed by atoms with Crippen LogP contribution in [0.1, 0.15) is 47.0 Å². The molecule has 0 saturated carbocycles. The van der Waals surface area contributed by atoms with Gasteiger partial charge in [-0.05, 0) is 27.2 Å². The molecule has 0 radical (unpaired) electrons. The van der Waals surface area contributed by atoms with Crippen LogP contribution >= 0.6 is 0 Å². The maximum atomic E-state index is 11.5. The first-order chi connectivity index (χ1) is 7.78. The van der Waals surface area contributed by atoms with Crippen LogP contribution in [0.2, 0.25) is 0 Å². The Bertz CT molecular complexity index is 258. The van der Waals surface area contributed by atoms with E-state index in [1.165, 1.54) is 7.11 Å². The number of hydrogen-bond donors (Lipinski definition) is 1. The lowest BCUT2D eigenvalue weighted by atomic mass is 10.1. The first kappa shape index (κ1) is 15.7. The summed E-state index contributed by atoms with van der Waals surface area (Å²) in [4.78, 5) is 22.7. The number of methoxy groups -OCH3 is 1. The van der Waals surface area contributed by atoms with Gasteiger partial charge in [0.05, 0.1) is 13.5 Å². The van der Waals surface area contributed by atoms with E-state index < -0.39 is 11.7 Å². The van der Waals surface area contributed by atoms with Crippen molar-refractivity contribution in [3.63, 3.8) is 0 Å². The van der Waals surface area contributed by atoms with Gasteiger partial charge in [0.1, 0.15) is 5.60 Å². The molecule has 0 rings (SSSR count). The second kappa shape index (κ2) is 7.14. The molecular weight excluding hydrogens is 222 g/mol.